The molecular formula is C13H14N4O4. The highest BCUT2D eigenvalue weighted by atomic mass is 16.5. The first-order chi connectivity index (χ1) is 10.1. The topological polar surface area (TPSA) is 117 Å². The molecule has 0 aliphatic rings. The van der Waals surface area contributed by atoms with Gasteiger partial charge in [0, 0.05) is 6.54 Å². The standard InChI is InChI=1S/C13H14N4O4/c18-12(19)5-9-3-1-2-4-10(9)6-14-13(20)15-7-11-16-8-21-17-11/h1-4,8H,5-7H2,(H,18,19)(H2,14,15,20). The van der Waals surface area contributed by atoms with Gasteiger partial charge in [-0.05, 0) is 11.1 Å². The van der Waals surface area contributed by atoms with Crippen molar-refractivity contribution in [3.05, 3.63) is 47.6 Å². The molecule has 1 aromatic carbocycles. The molecule has 1 aromatic heterocycles. The molecule has 0 unspecified atom stereocenters. The van der Waals surface area contributed by atoms with Gasteiger partial charge in [-0.2, -0.15) is 4.98 Å². The van der Waals surface area contributed by atoms with Gasteiger partial charge in [0.2, 0.25) is 6.39 Å². The van der Waals surface area contributed by atoms with Crippen LogP contribution in [-0.2, 0) is 24.3 Å². The van der Waals surface area contributed by atoms with Crippen LogP contribution in [0.25, 0.3) is 0 Å². The van der Waals surface area contributed by atoms with E-state index in [-0.39, 0.29) is 19.5 Å². The fourth-order valence-corrected chi connectivity index (χ4v) is 1.73. The Morgan fingerprint density at radius 2 is 1.86 bits per heavy atom. The molecule has 21 heavy (non-hydrogen) atoms. The third-order valence-corrected chi connectivity index (χ3v) is 2.71. The van der Waals surface area contributed by atoms with Crippen LogP contribution >= 0.6 is 0 Å². The molecule has 0 aliphatic carbocycles. The van der Waals surface area contributed by atoms with Crippen LogP contribution in [0.3, 0.4) is 0 Å². The Labute approximate surface area is 120 Å². The summed E-state index contributed by atoms with van der Waals surface area (Å²) in [6.45, 7) is 0.390. The van der Waals surface area contributed by atoms with Gasteiger partial charge >= 0.3 is 12.0 Å². The second kappa shape index (κ2) is 7.04. The van der Waals surface area contributed by atoms with Crippen molar-refractivity contribution >= 4 is 12.0 Å². The van der Waals surface area contributed by atoms with Gasteiger partial charge in [0.05, 0.1) is 13.0 Å². The van der Waals surface area contributed by atoms with Crippen LogP contribution < -0.4 is 10.6 Å². The second-order valence-electron chi connectivity index (χ2n) is 4.22. The smallest absolute Gasteiger partial charge is 0.315 e. The second-order valence-corrected chi connectivity index (χ2v) is 4.22. The molecule has 0 saturated heterocycles. The van der Waals surface area contributed by atoms with Crippen molar-refractivity contribution < 1.29 is 19.2 Å². The van der Waals surface area contributed by atoms with E-state index in [9.17, 15) is 9.59 Å². The summed E-state index contributed by atoms with van der Waals surface area (Å²) in [7, 11) is 0. The summed E-state index contributed by atoms with van der Waals surface area (Å²) in [4.78, 5) is 26.2. The maximum atomic E-state index is 11.6. The quantitative estimate of drug-likeness (QED) is 0.720. The summed E-state index contributed by atoms with van der Waals surface area (Å²) < 4.78 is 4.54. The van der Waals surface area contributed by atoms with E-state index in [2.05, 4.69) is 25.3 Å². The number of nitrogens with one attached hydrogen (secondary N) is 2. The molecule has 8 heteroatoms. The maximum absolute atomic E-state index is 11.6. The minimum atomic E-state index is -0.913. The van der Waals surface area contributed by atoms with E-state index in [1.165, 1.54) is 6.39 Å². The Hall–Kier alpha value is -2.90. The highest BCUT2D eigenvalue weighted by Crippen LogP contribution is 2.09. The third-order valence-electron chi connectivity index (χ3n) is 2.71. The van der Waals surface area contributed by atoms with Crippen molar-refractivity contribution in [2.45, 2.75) is 19.5 Å². The van der Waals surface area contributed by atoms with E-state index in [0.717, 1.165) is 5.56 Å². The van der Waals surface area contributed by atoms with Crippen LogP contribution in [0.1, 0.15) is 17.0 Å². The SMILES string of the molecule is O=C(O)Cc1ccccc1CNC(=O)NCc1ncon1. The number of carboxylic acid groups (broad SMARTS) is 1. The number of urea groups is 1. The minimum absolute atomic E-state index is 0.0810. The molecule has 0 radical (unpaired) electrons. The van der Waals surface area contributed by atoms with E-state index in [1.807, 2.05) is 0 Å². The van der Waals surface area contributed by atoms with Crippen LogP contribution in [0.4, 0.5) is 4.79 Å². The van der Waals surface area contributed by atoms with E-state index < -0.39 is 12.0 Å². The van der Waals surface area contributed by atoms with Crippen LogP contribution in [0.2, 0.25) is 0 Å². The lowest BCUT2D eigenvalue weighted by Crippen LogP contribution is -2.35. The summed E-state index contributed by atoms with van der Waals surface area (Å²) in [6.07, 6.45) is 1.10. The lowest BCUT2D eigenvalue weighted by Gasteiger charge is -2.09. The van der Waals surface area contributed by atoms with Crippen molar-refractivity contribution in [1.29, 1.82) is 0 Å². The number of rotatable bonds is 6. The first kappa shape index (κ1) is 14.5. The molecule has 1 heterocycles. The van der Waals surface area contributed by atoms with Gasteiger partial charge in [-0.1, -0.05) is 29.4 Å². The van der Waals surface area contributed by atoms with E-state index >= 15 is 0 Å². The zero-order valence-electron chi connectivity index (χ0n) is 11.1. The fourth-order valence-electron chi connectivity index (χ4n) is 1.73. The van der Waals surface area contributed by atoms with Crippen molar-refractivity contribution in [2.75, 3.05) is 0 Å². The Morgan fingerprint density at radius 3 is 2.52 bits per heavy atom. The Morgan fingerprint density at radius 1 is 1.14 bits per heavy atom. The predicted molar refractivity (Wildman–Crippen MR) is 71.2 cm³/mol. The van der Waals surface area contributed by atoms with Gasteiger partial charge in [-0.15, -0.1) is 0 Å². The molecule has 2 rings (SSSR count). The lowest BCUT2D eigenvalue weighted by molar-refractivity contribution is -0.136. The van der Waals surface area contributed by atoms with E-state index in [0.29, 0.717) is 11.4 Å². The Kier molecular flexibility index (Phi) is 4.86. The summed E-state index contributed by atoms with van der Waals surface area (Å²) >= 11 is 0. The van der Waals surface area contributed by atoms with Crippen LogP contribution in [0, 0.1) is 0 Å². The largest absolute Gasteiger partial charge is 0.481 e. The number of carbonyl (C=O) groups excluding carboxylic acids is 1. The van der Waals surface area contributed by atoms with Crippen molar-refractivity contribution in [1.82, 2.24) is 20.8 Å². The van der Waals surface area contributed by atoms with Crippen LogP contribution in [0.5, 0.6) is 0 Å². The molecule has 2 amide bonds. The number of aliphatic carboxylic acids is 1. The lowest BCUT2D eigenvalue weighted by atomic mass is 10.0. The zero-order valence-corrected chi connectivity index (χ0v) is 11.1. The first-order valence-corrected chi connectivity index (χ1v) is 6.20. The molecule has 0 fully saturated rings. The molecule has 0 aliphatic heterocycles. The number of hydrogen-bond acceptors (Lipinski definition) is 5. The van der Waals surface area contributed by atoms with Gasteiger partial charge in [0.15, 0.2) is 5.82 Å². The fraction of sp³-hybridized carbons (Fsp3) is 0.231. The van der Waals surface area contributed by atoms with Crippen LogP contribution in [-0.4, -0.2) is 27.2 Å². The molecule has 8 nitrogen and oxygen atoms in total. The molecule has 110 valence electrons. The molecule has 3 N–H and O–H groups in total. The molecular weight excluding hydrogens is 276 g/mol. The number of amides is 2. The van der Waals surface area contributed by atoms with E-state index in [4.69, 9.17) is 5.11 Å². The van der Waals surface area contributed by atoms with Crippen molar-refractivity contribution in [3.63, 3.8) is 0 Å². The summed E-state index contributed by atoms with van der Waals surface area (Å²) in [5, 5.41) is 17.6. The number of benzene rings is 1. The maximum Gasteiger partial charge on any atom is 0.315 e. The highest BCUT2D eigenvalue weighted by Gasteiger charge is 2.08. The van der Waals surface area contributed by atoms with Gasteiger partial charge in [-0.25, -0.2) is 4.79 Å². The summed E-state index contributed by atoms with van der Waals surface area (Å²) in [5.74, 6) is -0.541. The average molecular weight is 290 g/mol. The summed E-state index contributed by atoms with van der Waals surface area (Å²) in [5.41, 5.74) is 1.43. The number of nitrogens with zero attached hydrogens (tertiary/aromatic N) is 2. The average Bonchev–Trinajstić information content (AvgIpc) is 2.97. The predicted octanol–water partition coefficient (Wildman–Crippen LogP) is 0.696. The van der Waals surface area contributed by atoms with Crippen molar-refractivity contribution in [3.8, 4) is 0 Å². The van der Waals surface area contributed by atoms with E-state index in [1.54, 1.807) is 24.3 Å². The monoisotopic (exact) mass is 290 g/mol. The number of carboxylic acids is 1. The molecule has 0 atom stereocenters. The first-order valence-electron chi connectivity index (χ1n) is 6.20. The van der Waals surface area contributed by atoms with Gasteiger partial charge in [-0.3, -0.25) is 4.79 Å². The van der Waals surface area contributed by atoms with Crippen LogP contribution in [0.15, 0.2) is 35.2 Å². The normalized spacial score (nSPS) is 10.1. The van der Waals surface area contributed by atoms with Crippen molar-refractivity contribution in [2.24, 2.45) is 0 Å². The van der Waals surface area contributed by atoms with Gasteiger partial charge in [0.1, 0.15) is 0 Å². The number of carbonyl (C=O) groups is 2. The molecule has 2 aromatic rings. The molecule has 0 saturated carbocycles. The van der Waals surface area contributed by atoms with Gasteiger partial charge < -0.3 is 20.3 Å². The molecule has 0 bridgehead atoms. The third kappa shape index (κ3) is 4.60. The number of hydrogen-bond donors (Lipinski definition) is 3. The van der Waals surface area contributed by atoms with Gasteiger partial charge in [0.25, 0.3) is 0 Å². The number of aromatic nitrogens is 2. The highest BCUT2D eigenvalue weighted by molar-refractivity contribution is 5.74. The Balaban J connectivity index is 1.84. The summed E-state index contributed by atoms with van der Waals surface area (Å²) in [6, 6.07) is 6.66. The minimum Gasteiger partial charge on any atom is -0.481 e. The zero-order chi connectivity index (χ0) is 15.1. The molecule has 0 spiro atoms. The Bertz CT molecular complexity index is 612.